The second-order valence-corrected chi connectivity index (χ2v) is 5.93. The summed E-state index contributed by atoms with van der Waals surface area (Å²) in [6.45, 7) is 0.407. The van der Waals surface area contributed by atoms with Crippen molar-refractivity contribution in [2.45, 2.75) is 6.54 Å². The molecule has 0 atom stereocenters. The van der Waals surface area contributed by atoms with Crippen LogP contribution in [0.2, 0.25) is 0 Å². The Morgan fingerprint density at radius 2 is 2.14 bits per heavy atom. The van der Waals surface area contributed by atoms with Crippen LogP contribution in [0.25, 0.3) is 0 Å². The van der Waals surface area contributed by atoms with Crippen LogP contribution in [0.1, 0.15) is 16.1 Å². The van der Waals surface area contributed by atoms with Crippen LogP contribution in [0, 0.1) is 0 Å². The third-order valence-electron chi connectivity index (χ3n) is 2.72. The van der Waals surface area contributed by atoms with Crippen molar-refractivity contribution in [2.75, 3.05) is 12.4 Å². The van der Waals surface area contributed by atoms with Crippen molar-refractivity contribution in [1.29, 1.82) is 0 Å². The molecule has 0 amide bonds. The maximum absolute atomic E-state index is 11.8. The molecule has 0 aliphatic carbocycles. The number of anilines is 1. The Hall–Kier alpha value is -1.60. The summed E-state index contributed by atoms with van der Waals surface area (Å²) in [5.74, 6) is -0.322. The van der Waals surface area contributed by atoms with Gasteiger partial charge in [0.25, 0.3) is 0 Å². The molecule has 0 radical (unpaired) electrons. The number of pyridine rings is 1. The molecule has 0 fully saturated rings. The number of nitrogens with one attached hydrogen (secondary N) is 1. The minimum Gasteiger partial charge on any atom is -0.506 e. The molecule has 2 rings (SSSR count). The number of aromatic nitrogens is 1. The zero-order chi connectivity index (χ0) is 15.4. The summed E-state index contributed by atoms with van der Waals surface area (Å²) in [5, 5.41) is 12.4. The highest BCUT2D eigenvalue weighted by Gasteiger charge is 2.16. The average molecular weight is 416 g/mol. The van der Waals surface area contributed by atoms with Crippen molar-refractivity contribution >= 4 is 43.5 Å². The Morgan fingerprint density at radius 3 is 2.76 bits per heavy atom. The number of ether oxygens (including phenoxy) is 1. The highest BCUT2D eigenvalue weighted by molar-refractivity contribution is 9.11. The van der Waals surface area contributed by atoms with E-state index in [-0.39, 0.29) is 5.75 Å². The van der Waals surface area contributed by atoms with Crippen LogP contribution in [0.3, 0.4) is 0 Å². The number of benzene rings is 1. The fraction of sp³-hybridized carbons (Fsp3) is 0.143. The van der Waals surface area contributed by atoms with E-state index in [9.17, 15) is 9.90 Å². The van der Waals surface area contributed by atoms with Crippen LogP contribution in [0.15, 0.2) is 39.4 Å². The van der Waals surface area contributed by atoms with Crippen LogP contribution in [-0.4, -0.2) is 23.2 Å². The van der Waals surface area contributed by atoms with Gasteiger partial charge in [0.05, 0.1) is 36.8 Å². The van der Waals surface area contributed by atoms with Gasteiger partial charge in [0, 0.05) is 8.95 Å². The van der Waals surface area contributed by atoms with Gasteiger partial charge < -0.3 is 15.2 Å². The summed E-state index contributed by atoms with van der Waals surface area (Å²) in [7, 11) is 1.34. The lowest BCUT2D eigenvalue weighted by atomic mass is 10.1. The molecule has 21 heavy (non-hydrogen) atoms. The monoisotopic (exact) mass is 414 g/mol. The van der Waals surface area contributed by atoms with Crippen LogP contribution in [-0.2, 0) is 11.3 Å². The van der Waals surface area contributed by atoms with Gasteiger partial charge in [-0.1, -0.05) is 15.9 Å². The van der Waals surface area contributed by atoms with Crippen molar-refractivity contribution in [1.82, 2.24) is 4.98 Å². The van der Waals surface area contributed by atoms with Gasteiger partial charge in [-0.3, -0.25) is 4.98 Å². The Bertz CT molecular complexity index is 660. The topological polar surface area (TPSA) is 71.5 Å². The summed E-state index contributed by atoms with van der Waals surface area (Å²) in [6.07, 6.45) is 1.37. The van der Waals surface area contributed by atoms with Gasteiger partial charge >= 0.3 is 5.97 Å². The Balaban J connectivity index is 2.26. The first-order valence-electron chi connectivity index (χ1n) is 5.96. The Labute approximate surface area is 138 Å². The summed E-state index contributed by atoms with van der Waals surface area (Å²) in [6, 6.07) is 6.77. The fourth-order valence-corrected chi connectivity index (χ4v) is 3.09. The second-order valence-electron chi connectivity index (χ2n) is 4.16. The standard InChI is InChI=1S/C14H12Br2N2O3/c1-21-14(20)11-4-8(15)5-12(16)13(11)18-6-9-2-3-10(19)7-17-9/h2-5,7,18-19H,6H2,1H3. The lowest BCUT2D eigenvalue weighted by Gasteiger charge is -2.13. The second kappa shape index (κ2) is 6.91. The van der Waals surface area contributed by atoms with E-state index in [1.54, 1.807) is 18.2 Å². The number of nitrogens with zero attached hydrogens (tertiary/aromatic N) is 1. The number of aromatic hydroxyl groups is 1. The molecular weight excluding hydrogens is 404 g/mol. The van der Waals surface area contributed by atoms with Gasteiger partial charge in [0.2, 0.25) is 0 Å². The molecule has 110 valence electrons. The summed E-state index contributed by atoms with van der Waals surface area (Å²) < 4.78 is 6.28. The number of carbonyl (C=O) groups is 1. The van der Waals surface area contributed by atoms with Crippen LogP contribution < -0.4 is 5.32 Å². The largest absolute Gasteiger partial charge is 0.506 e. The van der Waals surface area contributed by atoms with Crippen molar-refractivity contribution < 1.29 is 14.6 Å². The molecule has 2 N–H and O–H groups in total. The molecule has 7 heteroatoms. The number of hydrogen-bond acceptors (Lipinski definition) is 5. The first kappa shape index (κ1) is 15.8. The van der Waals surface area contributed by atoms with Gasteiger partial charge in [-0.25, -0.2) is 4.79 Å². The number of esters is 1. The number of methoxy groups -OCH3 is 1. The predicted octanol–water partition coefficient (Wildman–Crippen LogP) is 3.71. The highest BCUT2D eigenvalue weighted by atomic mass is 79.9. The van der Waals surface area contributed by atoms with Crippen molar-refractivity contribution in [3.05, 3.63) is 50.7 Å². The molecule has 0 spiro atoms. The highest BCUT2D eigenvalue weighted by Crippen LogP contribution is 2.31. The van der Waals surface area contributed by atoms with Crippen molar-refractivity contribution in [3.63, 3.8) is 0 Å². The molecule has 5 nitrogen and oxygen atoms in total. The molecular formula is C14H12Br2N2O3. The van der Waals surface area contributed by atoms with Gasteiger partial charge in [-0.05, 0) is 40.2 Å². The van der Waals surface area contributed by atoms with Crippen molar-refractivity contribution in [2.24, 2.45) is 0 Å². The normalized spacial score (nSPS) is 10.2. The molecule has 0 aliphatic heterocycles. The van der Waals surface area contributed by atoms with Gasteiger partial charge in [-0.2, -0.15) is 0 Å². The quantitative estimate of drug-likeness (QED) is 0.744. The molecule has 0 saturated heterocycles. The van der Waals surface area contributed by atoms with E-state index < -0.39 is 5.97 Å². The van der Waals surface area contributed by atoms with Crippen LogP contribution >= 0.6 is 31.9 Å². The lowest BCUT2D eigenvalue weighted by molar-refractivity contribution is 0.0601. The van der Waals surface area contributed by atoms with Gasteiger partial charge in [0.15, 0.2) is 0 Å². The lowest BCUT2D eigenvalue weighted by Crippen LogP contribution is -2.09. The maximum atomic E-state index is 11.8. The summed E-state index contributed by atoms with van der Waals surface area (Å²) in [4.78, 5) is 15.9. The summed E-state index contributed by atoms with van der Waals surface area (Å²) in [5.41, 5.74) is 1.77. The molecule has 1 heterocycles. The first-order valence-corrected chi connectivity index (χ1v) is 7.55. The smallest absolute Gasteiger partial charge is 0.340 e. The molecule has 1 aromatic carbocycles. The van der Waals surface area contributed by atoms with Crippen molar-refractivity contribution in [3.8, 4) is 5.75 Å². The van der Waals surface area contributed by atoms with Gasteiger partial charge in [-0.15, -0.1) is 0 Å². The molecule has 0 aliphatic rings. The van der Waals surface area contributed by atoms with E-state index in [0.29, 0.717) is 17.8 Å². The minimum atomic E-state index is -0.432. The minimum absolute atomic E-state index is 0.110. The zero-order valence-electron chi connectivity index (χ0n) is 11.1. The summed E-state index contributed by atoms with van der Waals surface area (Å²) >= 11 is 6.76. The molecule has 0 bridgehead atoms. The molecule has 0 unspecified atom stereocenters. The number of carbonyl (C=O) groups excluding carboxylic acids is 1. The Morgan fingerprint density at radius 1 is 1.38 bits per heavy atom. The van der Waals surface area contributed by atoms with Crippen LogP contribution in [0.5, 0.6) is 5.75 Å². The van der Waals surface area contributed by atoms with E-state index in [1.165, 1.54) is 13.3 Å². The number of halogens is 2. The predicted molar refractivity (Wildman–Crippen MR) is 86.4 cm³/mol. The fourth-order valence-electron chi connectivity index (χ4n) is 1.72. The number of hydrogen-bond donors (Lipinski definition) is 2. The van der Waals surface area contributed by atoms with E-state index in [2.05, 4.69) is 42.2 Å². The third kappa shape index (κ3) is 3.95. The first-order chi connectivity index (χ1) is 10.0. The average Bonchev–Trinajstić information content (AvgIpc) is 2.46. The molecule has 1 aromatic heterocycles. The number of rotatable bonds is 4. The SMILES string of the molecule is COC(=O)c1cc(Br)cc(Br)c1NCc1ccc(O)cn1. The van der Waals surface area contributed by atoms with E-state index in [1.807, 2.05) is 6.07 Å². The Kier molecular flexibility index (Phi) is 5.19. The maximum Gasteiger partial charge on any atom is 0.340 e. The van der Waals surface area contributed by atoms with Crippen LogP contribution in [0.4, 0.5) is 5.69 Å². The molecule has 0 saturated carbocycles. The van der Waals surface area contributed by atoms with E-state index in [4.69, 9.17) is 4.74 Å². The third-order valence-corrected chi connectivity index (χ3v) is 3.80. The van der Waals surface area contributed by atoms with E-state index in [0.717, 1.165) is 14.6 Å². The van der Waals surface area contributed by atoms with E-state index >= 15 is 0 Å². The van der Waals surface area contributed by atoms with Gasteiger partial charge in [0.1, 0.15) is 5.75 Å². The molecule has 2 aromatic rings. The zero-order valence-corrected chi connectivity index (χ0v) is 14.2.